The van der Waals surface area contributed by atoms with Crippen molar-refractivity contribution in [2.45, 2.75) is 39.3 Å². The number of benzene rings is 1. The molecule has 0 spiro atoms. The molecule has 1 atom stereocenters. The van der Waals surface area contributed by atoms with Crippen molar-refractivity contribution < 1.29 is 9.53 Å². The highest BCUT2D eigenvalue weighted by molar-refractivity contribution is 6.31. The SMILES string of the molecule is C[C@@H](Nc1nc(-n2cnc3ccc(Cl)cc32)ncc1N)C(=O)OC(C)(C)C. The molecule has 142 valence electrons. The molecule has 0 aliphatic carbocycles. The van der Waals surface area contributed by atoms with Crippen LogP contribution < -0.4 is 11.1 Å². The molecule has 8 nitrogen and oxygen atoms in total. The Bertz CT molecular complexity index is 995. The van der Waals surface area contributed by atoms with Crippen molar-refractivity contribution in [3.05, 3.63) is 35.7 Å². The van der Waals surface area contributed by atoms with Gasteiger partial charge in [0, 0.05) is 5.02 Å². The van der Waals surface area contributed by atoms with Crippen LogP contribution in [0.4, 0.5) is 11.5 Å². The van der Waals surface area contributed by atoms with Crippen LogP contribution in [0.3, 0.4) is 0 Å². The van der Waals surface area contributed by atoms with Gasteiger partial charge in [-0.15, -0.1) is 0 Å². The number of nitrogens with two attached hydrogens (primary N) is 1. The molecule has 9 heteroatoms. The minimum atomic E-state index is -0.636. The van der Waals surface area contributed by atoms with Crippen LogP contribution in [0.2, 0.25) is 5.02 Å². The molecule has 0 saturated heterocycles. The summed E-state index contributed by atoms with van der Waals surface area (Å²) < 4.78 is 7.07. The van der Waals surface area contributed by atoms with Gasteiger partial charge in [0.15, 0.2) is 5.82 Å². The Morgan fingerprint density at radius 2 is 2.07 bits per heavy atom. The van der Waals surface area contributed by atoms with Gasteiger partial charge in [-0.2, -0.15) is 4.98 Å². The number of nitrogens with one attached hydrogen (secondary N) is 1. The number of rotatable bonds is 4. The molecule has 0 fully saturated rings. The molecular formula is C18H21ClN6O2. The quantitative estimate of drug-likeness (QED) is 0.660. The summed E-state index contributed by atoms with van der Waals surface area (Å²) in [5, 5.41) is 3.56. The number of carbonyl (C=O) groups excluding carboxylic acids is 1. The second-order valence-corrected chi connectivity index (χ2v) is 7.56. The van der Waals surface area contributed by atoms with Crippen LogP contribution in [-0.4, -0.2) is 37.1 Å². The molecule has 2 aromatic heterocycles. The third kappa shape index (κ3) is 4.28. The van der Waals surface area contributed by atoms with Gasteiger partial charge in [-0.1, -0.05) is 11.6 Å². The molecule has 2 heterocycles. The first kappa shape index (κ1) is 18.9. The van der Waals surface area contributed by atoms with Crippen molar-refractivity contribution in [3.63, 3.8) is 0 Å². The van der Waals surface area contributed by atoms with Crippen molar-refractivity contribution in [1.29, 1.82) is 0 Å². The van der Waals surface area contributed by atoms with E-state index in [4.69, 9.17) is 22.1 Å². The summed E-state index contributed by atoms with van der Waals surface area (Å²) in [6, 6.07) is 4.72. The molecule has 0 bridgehead atoms. The number of imidazole rings is 1. The first-order valence-corrected chi connectivity index (χ1v) is 8.77. The summed E-state index contributed by atoms with van der Waals surface area (Å²) in [5.41, 5.74) is 7.23. The number of nitrogens with zero attached hydrogens (tertiary/aromatic N) is 4. The van der Waals surface area contributed by atoms with Crippen LogP contribution in [0, 0.1) is 0 Å². The Kier molecular flexibility index (Phi) is 4.93. The minimum absolute atomic E-state index is 0.316. The number of esters is 1. The average Bonchev–Trinajstić information content (AvgIpc) is 2.98. The van der Waals surface area contributed by atoms with Crippen LogP contribution in [0.1, 0.15) is 27.7 Å². The Morgan fingerprint density at radius 1 is 1.33 bits per heavy atom. The van der Waals surface area contributed by atoms with Gasteiger partial charge in [-0.25, -0.2) is 14.8 Å². The second kappa shape index (κ2) is 7.03. The standard InChI is InChI=1S/C18H21ClN6O2/c1-10(16(26)27-18(2,3)4)23-15-12(20)8-21-17(24-15)25-9-22-13-6-5-11(19)7-14(13)25/h5-10H,20H2,1-4H3,(H,21,23,24)/t10-/m1/s1. The van der Waals surface area contributed by atoms with Gasteiger partial charge in [-0.3, -0.25) is 4.57 Å². The van der Waals surface area contributed by atoms with Crippen LogP contribution in [0.5, 0.6) is 0 Å². The monoisotopic (exact) mass is 388 g/mol. The number of anilines is 2. The van der Waals surface area contributed by atoms with E-state index in [1.165, 1.54) is 6.20 Å². The first-order chi connectivity index (χ1) is 12.6. The van der Waals surface area contributed by atoms with Crippen molar-refractivity contribution in [2.75, 3.05) is 11.1 Å². The molecule has 1 aromatic carbocycles. The van der Waals surface area contributed by atoms with E-state index < -0.39 is 17.6 Å². The lowest BCUT2D eigenvalue weighted by Crippen LogP contribution is -2.35. The van der Waals surface area contributed by atoms with Gasteiger partial charge in [0.2, 0.25) is 5.95 Å². The van der Waals surface area contributed by atoms with E-state index in [1.807, 2.05) is 26.8 Å². The number of ether oxygens (including phenoxy) is 1. The molecule has 0 amide bonds. The van der Waals surface area contributed by atoms with E-state index in [2.05, 4.69) is 20.3 Å². The van der Waals surface area contributed by atoms with E-state index in [0.717, 1.165) is 11.0 Å². The Morgan fingerprint density at radius 3 is 2.78 bits per heavy atom. The fourth-order valence-electron chi connectivity index (χ4n) is 2.41. The van der Waals surface area contributed by atoms with Crippen LogP contribution >= 0.6 is 11.6 Å². The molecule has 3 rings (SSSR count). The van der Waals surface area contributed by atoms with E-state index >= 15 is 0 Å². The lowest BCUT2D eigenvalue weighted by Gasteiger charge is -2.23. The molecular weight excluding hydrogens is 368 g/mol. The molecule has 0 unspecified atom stereocenters. The van der Waals surface area contributed by atoms with Gasteiger partial charge in [-0.05, 0) is 45.9 Å². The summed E-state index contributed by atoms with van der Waals surface area (Å²) in [5.74, 6) is 0.289. The number of carbonyl (C=O) groups is 1. The van der Waals surface area contributed by atoms with E-state index in [-0.39, 0.29) is 0 Å². The summed E-state index contributed by atoms with van der Waals surface area (Å²) in [6.07, 6.45) is 3.08. The van der Waals surface area contributed by atoms with Crippen LogP contribution in [0.15, 0.2) is 30.7 Å². The number of hydrogen-bond acceptors (Lipinski definition) is 7. The molecule has 0 aliphatic heterocycles. The normalized spacial score (nSPS) is 12.8. The minimum Gasteiger partial charge on any atom is -0.458 e. The van der Waals surface area contributed by atoms with Crippen molar-refractivity contribution in [2.24, 2.45) is 0 Å². The lowest BCUT2D eigenvalue weighted by atomic mass is 10.2. The number of fused-ring (bicyclic) bond motifs is 1. The number of aromatic nitrogens is 4. The van der Waals surface area contributed by atoms with Crippen LogP contribution in [-0.2, 0) is 9.53 Å². The van der Waals surface area contributed by atoms with Crippen molar-refractivity contribution >= 4 is 40.1 Å². The smallest absolute Gasteiger partial charge is 0.328 e. The number of nitrogen functional groups attached to an aromatic ring is 1. The summed E-state index contributed by atoms with van der Waals surface area (Å²) in [6.45, 7) is 7.11. The van der Waals surface area contributed by atoms with E-state index in [1.54, 1.807) is 30.0 Å². The van der Waals surface area contributed by atoms with E-state index in [9.17, 15) is 4.79 Å². The maximum Gasteiger partial charge on any atom is 0.328 e. The summed E-state index contributed by atoms with van der Waals surface area (Å²) >= 11 is 6.08. The van der Waals surface area contributed by atoms with Crippen molar-refractivity contribution in [3.8, 4) is 5.95 Å². The third-order valence-corrected chi connectivity index (χ3v) is 3.88. The predicted octanol–water partition coefficient (Wildman–Crippen LogP) is 3.19. The Balaban J connectivity index is 1.90. The highest BCUT2D eigenvalue weighted by Gasteiger charge is 2.23. The number of halogens is 1. The largest absolute Gasteiger partial charge is 0.458 e. The predicted molar refractivity (Wildman–Crippen MR) is 105 cm³/mol. The van der Waals surface area contributed by atoms with Gasteiger partial charge in [0.25, 0.3) is 0 Å². The second-order valence-electron chi connectivity index (χ2n) is 7.12. The molecule has 0 aliphatic rings. The van der Waals surface area contributed by atoms with Crippen LogP contribution in [0.25, 0.3) is 17.0 Å². The fraction of sp³-hybridized carbons (Fsp3) is 0.333. The maximum absolute atomic E-state index is 12.2. The fourth-order valence-corrected chi connectivity index (χ4v) is 2.57. The van der Waals surface area contributed by atoms with Gasteiger partial charge < -0.3 is 15.8 Å². The number of hydrogen-bond donors (Lipinski definition) is 2. The Hall–Kier alpha value is -2.87. The third-order valence-electron chi connectivity index (χ3n) is 3.64. The van der Waals surface area contributed by atoms with Gasteiger partial charge >= 0.3 is 5.97 Å². The Labute approximate surface area is 161 Å². The molecule has 0 saturated carbocycles. The molecule has 0 radical (unpaired) electrons. The zero-order chi connectivity index (χ0) is 19.8. The summed E-state index contributed by atoms with van der Waals surface area (Å²) in [4.78, 5) is 25.2. The molecule has 3 N–H and O–H groups in total. The highest BCUT2D eigenvalue weighted by atomic mass is 35.5. The first-order valence-electron chi connectivity index (χ1n) is 8.39. The van der Waals surface area contributed by atoms with Gasteiger partial charge in [0.05, 0.1) is 22.9 Å². The molecule has 27 heavy (non-hydrogen) atoms. The zero-order valence-electron chi connectivity index (χ0n) is 15.5. The van der Waals surface area contributed by atoms with Gasteiger partial charge in [0.1, 0.15) is 18.0 Å². The zero-order valence-corrected chi connectivity index (χ0v) is 16.3. The lowest BCUT2D eigenvalue weighted by molar-refractivity contribution is -0.155. The molecule has 3 aromatic rings. The highest BCUT2D eigenvalue weighted by Crippen LogP contribution is 2.23. The van der Waals surface area contributed by atoms with E-state index in [0.29, 0.717) is 22.5 Å². The van der Waals surface area contributed by atoms with Crippen molar-refractivity contribution in [1.82, 2.24) is 19.5 Å². The summed E-state index contributed by atoms with van der Waals surface area (Å²) in [7, 11) is 0. The average molecular weight is 389 g/mol. The topological polar surface area (TPSA) is 108 Å². The maximum atomic E-state index is 12.2.